The number of rotatable bonds is 3. The lowest BCUT2D eigenvalue weighted by molar-refractivity contribution is 0.185. The van der Waals surface area contributed by atoms with Crippen LogP contribution in [0.25, 0.3) is 11.3 Å². The third kappa shape index (κ3) is 2.17. The maximum absolute atomic E-state index is 6.03. The average molecular weight is 231 g/mol. The van der Waals surface area contributed by atoms with Gasteiger partial charge in [0.1, 0.15) is 17.3 Å². The second kappa shape index (κ2) is 4.59. The number of benzene rings is 1. The van der Waals surface area contributed by atoms with Gasteiger partial charge in [0, 0.05) is 19.7 Å². The predicted octanol–water partition coefficient (Wildman–Crippen LogP) is 2.12. The van der Waals surface area contributed by atoms with Gasteiger partial charge < -0.3 is 15.0 Å². The summed E-state index contributed by atoms with van der Waals surface area (Å²) in [6.45, 7) is 2.54. The molecular formula is C13H17N3O. The average Bonchev–Trinajstić information content (AvgIpc) is 2.58. The molecule has 90 valence electrons. The van der Waals surface area contributed by atoms with Crippen LogP contribution in [0.2, 0.25) is 0 Å². The van der Waals surface area contributed by atoms with Crippen LogP contribution in [0.5, 0.6) is 0 Å². The summed E-state index contributed by atoms with van der Waals surface area (Å²) >= 11 is 0. The first-order valence-corrected chi connectivity index (χ1v) is 5.50. The standard InChI is InChI=1S/C13H17N3O/c1-9-15-12(13(14)16(9)2)11-6-4-5-10(7-11)8-17-3/h4-7H,8,14H2,1-3H3. The maximum Gasteiger partial charge on any atom is 0.131 e. The highest BCUT2D eigenvalue weighted by Crippen LogP contribution is 2.26. The number of ether oxygens (including phenoxy) is 1. The summed E-state index contributed by atoms with van der Waals surface area (Å²) in [5.41, 5.74) is 9.01. The number of nitrogens with zero attached hydrogens (tertiary/aromatic N) is 2. The highest BCUT2D eigenvalue weighted by Gasteiger charge is 2.11. The molecule has 2 rings (SSSR count). The van der Waals surface area contributed by atoms with Gasteiger partial charge in [0.2, 0.25) is 0 Å². The first-order chi connectivity index (χ1) is 8.13. The molecule has 0 fully saturated rings. The third-order valence-corrected chi connectivity index (χ3v) is 2.87. The Morgan fingerprint density at radius 1 is 1.41 bits per heavy atom. The Balaban J connectivity index is 2.45. The Morgan fingerprint density at radius 2 is 2.18 bits per heavy atom. The number of nitrogen functional groups attached to an aromatic ring is 1. The zero-order chi connectivity index (χ0) is 12.4. The van der Waals surface area contributed by atoms with Crippen LogP contribution in [-0.2, 0) is 18.4 Å². The van der Waals surface area contributed by atoms with E-state index in [-0.39, 0.29) is 0 Å². The second-order valence-corrected chi connectivity index (χ2v) is 4.09. The number of imidazole rings is 1. The van der Waals surface area contributed by atoms with Crippen LogP contribution >= 0.6 is 0 Å². The Kier molecular flexibility index (Phi) is 3.15. The minimum Gasteiger partial charge on any atom is -0.383 e. The van der Waals surface area contributed by atoms with E-state index >= 15 is 0 Å². The maximum atomic E-state index is 6.03. The highest BCUT2D eigenvalue weighted by atomic mass is 16.5. The van der Waals surface area contributed by atoms with Crippen LogP contribution < -0.4 is 5.73 Å². The lowest BCUT2D eigenvalue weighted by Crippen LogP contribution is -1.98. The number of hydrogen-bond acceptors (Lipinski definition) is 3. The van der Waals surface area contributed by atoms with Crippen LogP contribution in [0.4, 0.5) is 5.82 Å². The van der Waals surface area contributed by atoms with Gasteiger partial charge in [-0.05, 0) is 18.6 Å². The normalized spacial score (nSPS) is 10.8. The topological polar surface area (TPSA) is 53.1 Å². The molecular weight excluding hydrogens is 214 g/mol. The minimum atomic E-state index is 0.597. The van der Waals surface area contributed by atoms with Crippen molar-refractivity contribution in [2.45, 2.75) is 13.5 Å². The van der Waals surface area contributed by atoms with Crippen LogP contribution in [0.1, 0.15) is 11.4 Å². The van der Waals surface area contributed by atoms with Gasteiger partial charge in [-0.2, -0.15) is 0 Å². The second-order valence-electron chi connectivity index (χ2n) is 4.09. The van der Waals surface area contributed by atoms with Gasteiger partial charge in [-0.15, -0.1) is 0 Å². The largest absolute Gasteiger partial charge is 0.383 e. The van der Waals surface area contributed by atoms with Gasteiger partial charge in [0.25, 0.3) is 0 Å². The summed E-state index contributed by atoms with van der Waals surface area (Å²) in [4.78, 5) is 4.48. The zero-order valence-electron chi connectivity index (χ0n) is 10.4. The number of nitrogens with two attached hydrogens (primary N) is 1. The van der Waals surface area contributed by atoms with Gasteiger partial charge in [0.05, 0.1) is 6.61 Å². The van der Waals surface area contributed by atoms with Crippen molar-refractivity contribution >= 4 is 5.82 Å². The lowest BCUT2D eigenvalue weighted by atomic mass is 10.1. The van der Waals surface area contributed by atoms with Crippen molar-refractivity contribution < 1.29 is 4.74 Å². The number of aryl methyl sites for hydroxylation is 1. The van der Waals surface area contributed by atoms with Gasteiger partial charge >= 0.3 is 0 Å². The van der Waals surface area contributed by atoms with E-state index < -0.39 is 0 Å². The highest BCUT2D eigenvalue weighted by molar-refractivity contribution is 5.71. The monoisotopic (exact) mass is 231 g/mol. The summed E-state index contributed by atoms with van der Waals surface area (Å²) < 4.78 is 7.01. The molecule has 0 bridgehead atoms. The smallest absolute Gasteiger partial charge is 0.131 e. The van der Waals surface area contributed by atoms with Crippen molar-refractivity contribution in [3.8, 4) is 11.3 Å². The van der Waals surface area contributed by atoms with Gasteiger partial charge in [-0.25, -0.2) is 4.98 Å². The molecule has 2 aromatic rings. The Morgan fingerprint density at radius 3 is 2.76 bits per heavy atom. The molecule has 0 amide bonds. The molecule has 1 aromatic carbocycles. The molecule has 0 radical (unpaired) electrons. The first-order valence-electron chi connectivity index (χ1n) is 5.50. The quantitative estimate of drug-likeness (QED) is 0.880. The molecule has 0 unspecified atom stereocenters. The molecule has 0 atom stereocenters. The van der Waals surface area contributed by atoms with Crippen molar-refractivity contribution in [1.82, 2.24) is 9.55 Å². The Hall–Kier alpha value is -1.81. The van der Waals surface area contributed by atoms with Crippen LogP contribution in [0.3, 0.4) is 0 Å². The Bertz CT molecular complexity index is 531. The zero-order valence-corrected chi connectivity index (χ0v) is 10.4. The summed E-state index contributed by atoms with van der Waals surface area (Å²) in [7, 11) is 3.60. The molecule has 17 heavy (non-hydrogen) atoms. The molecule has 0 aliphatic heterocycles. The Labute approximate surface area is 101 Å². The van der Waals surface area contributed by atoms with Crippen LogP contribution in [0, 0.1) is 6.92 Å². The molecule has 1 heterocycles. The van der Waals surface area contributed by atoms with Gasteiger partial charge in [-0.3, -0.25) is 0 Å². The summed E-state index contributed by atoms with van der Waals surface area (Å²) in [6.07, 6.45) is 0. The number of aromatic nitrogens is 2. The predicted molar refractivity (Wildman–Crippen MR) is 68.5 cm³/mol. The van der Waals surface area contributed by atoms with E-state index in [1.54, 1.807) is 7.11 Å². The van der Waals surface area contributed by atoms with Gasteiger partial charge in [-0.1, -0.05) is 18.2 Å². The summed E-state index contributed by atoms with van der Waals surface area (Å²) in [5, 5.41) is 0. The van der Waals surface area contributed by atoms with Crippen molar-refractivity contribution in [1.29, 1.82) is 0 Å². The van der Waals surface area contributed by atoms with E-state index in [0.29, 0.717) is 12.4 Å². The van der Waals surface area contributed by atoms with Crippen molar-refractivity contribution in [2.75, 3.05) is 12.8 Å². The van der Waals surface area contributed by atoms with Crippen LogP contribution in [0.15, 0.2) is 24.3 Å². The fourth-order valence-corrected chi connectivity index (χ4v) is 1.81. The minimum absolute atomic E-state index is 0.597. The van der Waals surface area contributed by atoms with Crippen molar-refractivity contribution in [3.63, 3.8) is 0 Å². The molecule has 0 spiro atoms. The van der Waals surface area contributed by atoms with E-state index in [2.05, 4.69) is 11.1 Å². The van der Waals surface area contributed by atoms with Crippen molar-refractivity contribution in [3.05, 3.63) is 35.7 Å². The summed E-state index contributed by atoms with van der Waals surface area (Å²) in [6, 6.07) is 8.09. The summed E-state index contributed by atoms with van der Waals surface area (Å²) in [5.74, 6) is 1.60. The van der Waals surface area contributed by atoms with Gasteiger partial charge in [0.15, 0.2) is 0 Å². The number of methoxy groups -OCH3 is 1. The first kappa shape index (κ1) is 11.7. The third-order valence-electron chi connectivity index (χ3n) is 2.87. The molecule has 0 saturated carbocycles. The molecule has 2 N–H and O–H groups in total. The van der Waals surface area contributed by atoms with Crippen LogP contribution in [-0.4, -0.2) is 16.7 Å². The van der Waals surface area contributed by atoms with E-state index in [1.807, 2.05) is 36.7 Å². The molecule has 0 aliphatic rings. The molecule has 0 saturated heterocycles. The molecule has 1 aromatic heterocycles. The lowest BCUT2D eigenvalue weighted by Gasteiger charge is -2.04. The van der Waals surface area contributed by atoms with E-state index in [1.165, 1.54) is 0 Å². The SMILES string of the molecule is COCc1cccc(-c2nc(C)n(C)c2N)c1. The molecule has 4 nitrogen and oxygen atoms in total. The fourth-order valence-electron chi connectivity index (χ4n) is 1.81. The number of hydrogen-bond donors (Lipinski definition) is 1. The van der Waals surface area contributed by atoms with E-state index in [0.717, 1.165) is 22.6 Å². The molecule has 0 aliphatic carbocycles. The van der Waals surface area contributed by atoms with Crippen molar-refractivity contribution in [2.24, 2.45) is 7.05 Å². The fraction of sp³-hybridized carbons (Fsp3) is 0.308. The molecule has 4 heteroatoms. The van der Waals surface area contributed by atoms with E-state index in [9.17, 15) is 0 Å². The number of anilines is 1. The van der Waals surface area contributed by atoms with E-state index in [4.69, 9.17) is 10.5 Å².